The fourth-order valence-corrected chi connectivity index (χ4v) is 7.32. The maximum atomic E-state index is 12.8. The summed E-state index contributed by atoms with van der Waals surface area (Å²) in [6.07, 6.45) is 56.6. The van der Waals surface area contributed by atoms with Crippen molar-refractivity contribution in [3.05, 3.63) is 97.2 Å². The average molecular weight is 973 g/mol. The van der Waals surface area contributed by atoms with Crippen LogP contribution >= 0.6 is 7.82 Å². The van der Waals surface area contributed by atoms with Crippen molar-refractivity contribution in [2.45, 2.75) is 213 Å². The summed E-state index contributed by atoms with van der Waals surface area (Å²) in [6, 6.07) is 0. The number of carbonyl (C=O) groups is 3. The molecule has 12 heteroatoms. The minimum Gasteiger partial charge on any atom is -0.462 e. The van der Waals surface area contributed by atoms with E-state index in [4.69, 9.17) is 23.3 Å². The Morgan fingerprint density at radius 3 is 1.19 bits per heavy atom. The molecule has 0 aromatic heterocycles. The molecule has 0 spiro atoms. The summed E-state index contributed by atoms with van der Waals surface area (Å²) in [5.74, 6) is -1.55. The van der Waals surface area contributed by atoms with Crippen LogP contribution in [0.1, 0.15) is 201 Å². The van der Waals surface area contributed by atoms with Gasteiger partial charge in [-0.2, -0.15) is 0 Å². The highest BCUT2D eigenvalue weighted by atomic mass is 31.2. The molecule has 0 saturated heterocycles. The molecule has 0 radical (unpaired) electrons. The third-order valence-electron chi connectivity index (χ3n) is 10.5. The summed E-state index contributed by atoms with van der Waals surface area (Å²) in [4.78, 5) is 48.3. The third kappa shape index (κ3) is 47.5. The first-order valence-corrected chi connectivity index (χ1v) is 27.6. The fraction of sp³-hybridized carbons (Fsp3) is 0.661. The van der Waals surface area contributed by atoms with Crippen LogP contribution in [0, 0.1) is 0 Å². The molecular formula is C56H93O11P. The second-order valence-electron chi connectivity index (χ2n) is 16.9. The van der Waals surface area contributed by atoms with Crippen molar-refractivity contribution in [3.8, 4) is 0 Å². The van der Waals surface area contributed by atoms with Crippen LogP contribution in [0.4, 0.5) is 0 Å². The molecule has 3 unspecified atom stereocenters. The quantitative estimate of drug-likeness (QED) is 0.0197. The summed E-state index contributed by atoms with van der Waals surface area (Å²) in [6.45, 7) is 4.25. The van der Waals surface area contributed by atoms with Gasteiger partial charge in [0.1, 0.15) is 12.7 Å². The first-order valence-electron chi connectivity index (χ1n) is 26.1. The van der Waals surface area contributed by atoms with Gasteiger partial charge in [0.25, 0.3) is 0 Å². The van der Waals surface area contributed by atoms with Gasteiger partial charge < -0.3 is 24.2 Å². The Hall–Kier alpha value is -3.60. The third-order valence-corrected chi connectivity index (χ3v) is 11.4. The molecule has 0 amide bonds. The summed E-state index contributed by atoms with van der Waals surface area (Å²) in [5.41, 5.74) is 0. The molecule has 2 N–H and O–H groups in total. The van der Waals surface area contributed by atoms with Crippen molar-refractivity contribution in [2.24, 2.45) is 0 Å². The van der Waals surface area contributed by atoms with Gasteiger partial charge in [-0.05, 0) is 109 Å². The number of allylic oxidation sites excluding steroid dienone is 16. The standard InChI is InChI=1S/C56H93O11P/c1-4-7-10-13-16-19-22-25-26-29-32-35-38-41-44-47-56(60)67-53(49-63-54(58)45-42-39-36-33-30-27-23-20-17-14-11-8-5-2)51-65-68(61,62)64-50-52(48-57)66-55(59)46-43-40-37-34-31-28-24-21-18-15-12-9-6-3/h7-8,10-12,15-17,19-21,24-27,30,52-53,57H,4-6,9,13-14,18,22-23,28-29,31-51H2,1-3H3,(H,61,62)/b10-7-,11-8-,15-12-,19-16-,20-17-,24-21-,26-25-,30-27-. The van der Waals surface area contributed by atoms with Crippen molar-refractivity contribution >= 4 is 25.7 Å². The molecule has 0 rings (SSSR count). The van der Waals surface area contributed by atoms with Crippen LogP contribution in [0.3, 0.4) is 0 Å². The highest BCUT2D eigenvalue weighted by molar-refractivity contribution is 7.47. The number of esters is 3. The van der Waals surface area contributed by atoms with Gasteiger partial charge in [0, 0.05) is 19.3 Å². The number of aliphatic hydroxyl groups is 1. The van der Waals surface area contributed by atoms with Gasteiger partial charge in [0.15, 0.2) is 6.10 Å². The SMILES string of the molecule is CC/C=C\C/C=C\C/C=C\CCCCCCCC(=O)OC(COC(=O)CCCCC/C=C\C/C=C\C/C=C\CC)COP(=O)(O)OCC(CO)OC(=O)CCCCCCC/C=C\C/C=C\CCC. The minimum atomic E-state index is -4.76. The first kappa shape index (κ1) is 64.4. The van der Waals surface area contributed by atoms with E-state index in [2.05, 4.69) is 118 Å². The zero-order valence-electron chi connectivity index (χ0n) is 42.5. The Bertz CT molecular complexity index is 1510. The van der Waals surface area contributed by atoms with E-state index in [0.29, 0.717) is 19.3 Å². The molecular weight excluding hydrogens is 880 g/mol. The molecule has 0 heterocycles. The molecule has 0 aliphatic carbocycles. The molecule has 0 aliphatic heterocycles. The summed E-state index contributed by atoms with van der Waals surface area (Å²) in [7, 11) is -4.76. The van der Waals surface area contributed by atoms with E-state index in [9.17, 15) is 28.9 Å². The Kier molecular flexibility index (Phi) is 47.2. The van der Waals surface area contributed by atoms with E-state index in [1.165, 1.54) is 0 Å². The Morgan fingerprint density at radius 1 is 0.426 bits per heavy atom. The normalized spacial score (nSPS) is 14.2. The topological polar surface area (TPSA) is 155 Å². The molecule has 3 atom stereocenters. The van der Waals surface area contributed by atoms with Crippen molar-refractivity contribution in [2.75, 3.05) is 26.4 Å². The highest BCUT2D eigenvalue weighted by Gasteiger charge is 2.28. The number of rotatable bonds is 47. The van der Waals surface area contributed by atoms with E-state index in [-0.39, 0.29) is 25.9 Å². The van der Waals surface area contributed by atoms with Crippen LogP contribution in [-0.2, 0) is 42.2 Å². The Morgan fingerprint density at radius 2 is 0.765 bits per heavy atom. The molecule has 68 heavy (non-hydrogen) atoms. The summed E-state index contributed by atoms with van der Waals surface area (Å²) in [5, 5.41) is 9.77. The largest absolute Gasteiger partial charge is 0.472 e. The van der Waals surface area contributed by atoms with E-state index < -0.39 is 57.8 Å². The van der Waals surface area contributed by atoms with Crippen LogP contribution in [0.2, 0.25) is 0 Å². The molecule has 0 saturated carbocycles. The smallest absolute Gasteiger partial charge is 0.462 e. The van der Waals surface area contributed by atoms with E-state index in [1.807, 2.05) is 0 Å². The number of phosphoric acid groups is 1. The van der Waals surface area contributed by atoms with Crippen molar-refractivity contribution in [1.82, 2.24) is 0 Å². The molecule has 0 bridgehead atoms. The van der Waals surface area contributed by atoms with Crippen LogP contribution in [-0.4, -0.2) is 66.5 Å². The average Bonchev–Trinajstić information content (AvgIpc) is 3.32. The van der Waals surface area contributed by atoms with E-state index in [1.54, 1.807) is 0 Å². The van der Waals surface area contributed by atoms with Crippen LogP contribution < -0.4 is 0 Å². The van der Waals surface area contributed by atoms with Gasteiger partial charge in [0.2, 0.25) is 0 Å². The first-order chi connectivity index (χ1) is 33.2. The number of phosphoric ester groups is 1. The lowest BCUT2D eigenvalue weighted by atomic mass is 10.1. The summed E-state index contributed by atoms with van der Waals surface area (Å²) >= 11 is 0. The Balaban J connectivity index is 4.83. The predicted octanol–water partition coefficient (Wildman–Crippen LogP) is 14.9. The van der Waals surface area contributed by atoms with Gasteiger partial charge in [-0.1, -0.05) is 169 Å². The minimum absolute atomic E-state index is 0.136. The molecule has 0 aromatic carbocycles. The number of carbonyl (C=O) groups excluding carboxylic acids is 3. The zero-order chi connectivity index (χ0) is 49.9. The number of ether oxygens (including phenoxy) is 3. The number of aliphatic hydroxyl groups excluding tert-OH is 1. The van der Waals surface area contributed by atoms with Crippen LogP contribution in [0.25, 0.3) is 0 Å². The maximum Gasteiger partial charge on any atom is 0.472 e. The van der Waals surface area contributed by atoms with E-state index in [0.717, 1.165) is 141 Å². The number of unbranched alkanes of at least 4 members (excludes halogenated alkanes) is 14. The van der Waals surface area contributed by atoms with Gasteiger partial charge in [-0.15, -0.1) is 0 Å². The second kappa shape index (κ2) is 49.8. The van der Waals surface area contributed by atoms with Gasteiger partial charge in [0.05, 0.1) is 19.8 Å². The maximum absolute atomic E-state index is 12.8. The zero-order valence-corrected chi connectivity index (χ0v) is 43.4. The number of hydrogen-bond acceptors (Lipinski definition) is 10. The monoisotopic (exact) mass is 973 g/mol. The second-order valence-corrected chi connectivity index (χ2v) is 18.4. The van der Waals surface area contributed by atoms with Crippen LogP contribution in [0.5, 0.6) is 0 Å². The lowest BCUT2D eigenvalue weighted by Gasteiger charge is -2.21. The summed E-state index contributed by atoms with van der Waals surface area (Å²) < 4.78 is 39.3. The predicted molar refractivity (Wildman–Crippen MR) is 279 cm³/mol. The lowest BCUT2D eigenvalue weighted by molar-refractivity contribution is -0.161. The molecule has 0 fully saturated rings. The van der Waals surface area contributed by atoms with Crippen LogP contribution in [0.15, 0.2) is 97.2 Å². The fourth-order valence-electron chi connectivity index (χ4n) is 6.54. The van der Waals surface area contributed by atoms with Crippen molar-refractivity contribution in [3.63, 3.8) is 0 Å². The molecule has 388 valence electrons. The van der Waals surface area contributed by atoms with Gasteiger partial charge >= 0.3 is 25.7 Å². The Labute approximate surface area is 412 Å². The highest BCUT2D eigenvalue weighted by Crippen LogP contribution is 2.43. The molecule has 11 nitrogen and oxygen atoms in total. The van der Waals surface area contributed by atoms with Crippen molar-refractivity contribution < 1.29 is 52.2 Å². The molecule has 0 aromatic rings. The van der Waals surface area contributed by atoms with Crippen molar-refractivity contribution in [1.29, 1.82) is 0 Å². The number of hydrogen-bond donors (Lipinski definition) is 2. The van der Waals surface area contributed by atoms with Gasteiger partial charge in [-0.25, -0.2) is 4.57 Å². The molecule has 0 aliphatic rings. The van der Waals surface area contributed by atoms with E-state index >= 15 is 0 Å². The lowest BCUT2D eigenvalue weighted by Crippen LogP contribution is -2.30. The van der Waals surface area contributed by atoms with Gasteiger partial charge in [-0.3, -0.25) is 23.4 Å².